The predicted molar refractivity (Wildman–Crippen MR) is 88.3 cm³/mol. The van der Waals surface area contributed by atoms with Crippen LogP contribution < -0.4 is 4.72 Å². The van der Waals surface area contributed by atoms with E-state index in [9.17, 15) is 8.42 Å². The molecule has 2 rings (SSSR count). The minimum Gasteiger partial charge on any atom is -0.212 e. The standard InChI is InChI=1S/C16H24ClNO2S/c1-13(14-8-4-2-5-9-14)12-21(19,20)18-16-11-7-3-6-10-15(16)17/h2,4-5,8-9,13,15-16,18H,3,6-7,10-12H2,1H3. The molecule has 1 aliphatic carbocycles. The zero-order valence-corrected chi connectivity index (χ0v) is 14.0. The summed E-state index contributed by atoms with van der Waals surface area (Å²) in [6, 6.07) is 9.62. The average molecular weight is 330 g/mol. The lowest BCUT2D eigenvalue weighted by Crippen LogP contribution is -2.42. The van der Waals surface area contributed by atoms with Crippen molar-refractivity contribution >= 4 is 21.6 Å². The Kier molecular flexibility index (Phi) is 6.08. The zero-order chi connectivity index (χ0) is 15.3. The summed E-state index contributed by atoms with van der Waals surface area (Å²) in [7, 11) is -3.31. The molecule has 1 fully saturated rings. The highest BCUT2D eigenvalue weighted by Gasteiger charge is 2.27. The summed E-state index contributed by atoms with van der Waals surface area (Å²) < 4.78 is 27.6. The first kappa shape index (κ1) is 16.8. The van der Waals surface area contributed by atoms with Gasteiger partial charge in [0.15, 0.2) is 0 Å². The number of nitrogens with one attached hydrogen (secondary N) is 1. The number of hydrogen-bond acceptors (Lipinski definition) is 2. The molecule has 3 unspecified atom stereocenters. The molecule has 0 aliphatic heterocycles. The van der Waals surface area contributed by atoms with Gasteiger partial charge in [0.2, 0.25) is 10.0 Å². The topological polar surface area (TPSA) is 46.2 Å². The van der Waals surface area contributed by atoms with Gasteiger partial charge in [-0.1, -0.05) is 56.5 Å². The molecule has 0 bridgehead atoms. The smallest absolute Gasteiger partial charge is 0.212 e. The van der Waals surface area contributed by atoms with Crippen molar-refractivity contribution in [1.82, 2.24) is 4.72 Å². The van der Waals surface area contributed by atoms with E-state index in [1.54, 1.807) is 0 Å². The van der Waals surface area contributed by atoms with E-state index in [4.69, 9.17) is 11.6 Å². The Morgan fingerprint density at radius 3 is 2.57 bits per heavy atom. The van der Waals surface area contributed by atoms with E-state index in [0.29, 0.717) is 0 Å². The summed E-state index contributed by atoms with van der Waals surface area (Å²) in [6.07, 6.45) is 5.01. The van der Waals surface area contributed by atoms with E-state index in [1.807, 2.05) is 37.3 Å². The largest absolute Gasteiger partial charge is 0.212 e. The van der Waals surface area contributed by atoms with E-state index in [-0.39, 0.29) is 23.1 Å². The zero-order valence-electron chi connectivity index (χ0n) is 12.5. The SMILES string of the molecule is CC(CS(=O)(=O)NC1CCCCCC1Cl)c1ccccc1. The normalized spacial score (nSPS) is 25.2. The molecule has 0 heterocycles. The second-order valence-corrected chi connectivity index (χ2v) is 8.33. The lowest BCUT2D eigenvalue weighted by atomic mass is 10.0. The van der Waals surface area contributed by atoms with Gasteiger partial charge in [-0.2, -0.15) is 0 Å². The molecule has 0 radical (unpaired) electrons. The lowest BCUT2D eigenvalue weighted by molar-refractivity contribution is 0.512. The minimum atomic E-state index is -3.31. The second kappa shape index (κ2) is 7.61. The quantitative estimate of drug-likeness (QED) is 0.662. The molecule has 0 saturated heterocycles. The van der Waals surface area contributed by atoms with Crippen LogP contribution in [-0.4, -0.2) is 25.6 Å². The van der Waals surface area contributed by atoms with Crippen LogP contribution in [0.15, 0.2) is 30.3 Å². The van der Waals surface area contributed by atoms with Gasteiger partial charge in [-0.15, -0.1) is 11.6 Å². The number of halogens is 1. The third kappa shape index (κ3) is 5.28. The Hall–Kier alpha value is -0.580. The number of alkyl halides is 1. The summed E-state index contributed by atoms with van der Waals surface area (Å²) in [5.41, 5.74) is 1.05. The Balaban J connectivity index is 1.98. The first-order chi connectivity index (χ1) is 9.98. The summed E-state index contributed by atoms with van der Waals surface area (Å²) >= 11 is 6.32. The molecule has 3 nitrogen and oxygen atoms in total. The van der Waals surface area contributed by atoms with Gasteiger partial charge < -0.3 is 0 Å². The fourth-order valence-corrected chi connectivity index (χ4v) is 4.99. The van der Waals surface area contributed by atoms with Crippen molar-refractivity contribution in [3.8, 4) is 0 Å². The van der Waals surface area contributed by atoms with Gasteiger partial charge in [0, 0.05) is 11.4 Å². The lowest BCUT2D eigenvalue weighted by Gasteiger charge is -2.22. The number of rotatable bonds is 5. The van der Waals surface area contributed by atoms with E-state index in [1.165, 1.54) is 0 Å². The Morgan fingerprint density at radius 2 is 1.86 bits per heavy atom. The van der Waals surface area contributed by atoms with Gasteiger partial charge in [0.25, 0.3) is 0 Å². The van der Waals surface area contributed by atoms with Gasteiger partial charge in [0.05, 0.1) is 5.75 Å². The van der Waals surface area contributed by atoms with Crippen LogP contribution in [0.5, 0.6) is 0 Å². The molecule has 21 heavy (non-hydrogen) atoms. The maximum Gasteiger partial charge on any atom is 0.212 e. The Bertz CT molecular complexity index is 532. The molecular formula is C16H24ClNO2S. The summed E-state index contributed by atoms with van der Waals surface area (Å²) in [5, 5.41) is -0.0886. The van der Waals surface area contributed by atoms with Crippen LogP contribution in [0.4, 0.5) is 0 Å². The number of sulfonamides is 1. The van der Waals surface area contributed by atoms with Gasteiger partial charge >= 0.3 is 0 Å². The third-order valence-electron chi connectivity index (χ3n) is 4.10. The van der Waals surface area contributed by atoms with Crippen LogP contribution in [0.2, 0.25) is 0 Å². The van der Waals surface area contributed by atoms with Crippen LogP contribution in [0.3, 0.4) is 0 Å². The molecule has 1 aromatic carbocycles. The summed E-state index contributed by atoms with van der Waals surface area (Å²) in [4.78, 5) is 0. The first-order valence-corrected chi connectivity index (χ1v) is 9.76. The average Bonchev–Trinajstić information content (AvgIpc) is 2.64. The van der Waals surface area contributed by atoms with Crippen molar-refractivity contribution in [1.29, 1.82) is 0 Å². The van der Waals surface area contributed by atoms with E-state index >= 15 is 0 Å². The third-order valence-corrected chi connectivity index (χ3v) is 6.22. The van der Waals surface area contributed by atoms with E-state index in [0.717, 1.165) is 37.7 Å². The monoisotopic (exact) mass is 329 g/mol. The van der Waals surface area contributed by atoms with Crippen molar-refractivity contribution in [3.05, 3.63) is 35.9 Å². The van der Waals surface area contributed by atoms with Crippen molar-refractivity contribution in [2.45, 2.75) is 56.4 Å². The first-order valence-electron chi connectivity index (χ1n) is 7.67. The fourth-order valence-electron chi connectivity index (χ4n) is 2.88. The number of hydrogen-bond donors (Lipinski definition) is 1. The van der Waals surface area contributed by atoms with Crippen LogP contribution in [-0.2, 0) is 10.0 Å². The van der Waals surface area contributed by atoms with Crippen molar-refractivity contribution in [2.24, 2.45) is 0 Å². The molecule has 1 N–H and O–H groups in total. The van der Waals surface area contributed by atoms with Gasteiger partial charge in [-0.05, 0) is 24.3 Å². The van der Waals surface area contributed by atoms with E-state index < -0.39 is 10.0 Å². The Labute approximate surface area is 133 Å². The van der Waals surface area contributed by atoms with Crippen molar-refractivity contribution in [2.75, 3.05) is 5.75 Å². The van der Waals surface area contributed by atoms with Crippen LogP contribution >= 0.6 is 11.6 Å². The summed E-state index contributed by atoms with van der Waals surface area (Å²) in [5.74, 6) is 0.0835. The molecule has 1 aromatic rings. The molecule has 3 atom stereocenters. The molecule has 0 spiro atoms. The van der Waals surface area contributed by atoms with E-state index in [2.05, 4.69) is 4.72 Å². The molecule has 118 valence electrons. The molecule has 0 aromatic heterocycles. The summed E-state index contributed by atoms with van der Waals surface area (Å²) in [6.45, 7) is 1.94. The maximum atomic E-state index is 12.4. The predicted octanol–water partition coefficient (Wildman–Crippen LogP) is 3.65. The minimum absolute atomic E-state index is 0.0248. The molecular weight excluding hydrogens is 306 g/mol. The molecule has 5 heteroatoms. The molecule has 1 saturated carbocycles. The second-order valence-electron chi connectivity index (χ2n) is 5.97. The Morgan fingerprint density at radius 1 is 1.19 bits per heavy atom. The highest BCUT2D eigenvalue weighted by atomic mass is 35.5. The van der Waals surface area contributed by atoms with Crippen LogP contribution in [0, 0.1) is 0 Å². The van der Waals surface area contributed by atoms with Crippen molar-refractivity contribution < 1.29 is 8.42 Å². The fraction of sp³-hybridized carbons (Fsp3) is 0.625. The molecule has 0 amide bonds. The van der Waals surface area contributed by atoms with Gasteiger partial charge in [0.1, 0.15) is 0 Å². The maximum absolute atomic E-state index is 12.4. The van der Waals surface area contributed by atoms with Crippen LogP contribution in [0.25, 0.3) is 0 Å². The van der Waals surface area contributed by atoms with Gasteiger partial charge in [-0.3, -0.25) is 0 Å². The highest BCUT2D eigenvalue weighted by molar-refractivity contribution is 7.89. The van der Waals surface area contributed by atoms with Gasteiger partial charge in [-0.25, -0.2) is 13.1 Å². The van der Waals surface area contributed by atoms with Crippen molar-refractivity contribution in [3.63, 3.8) is 0 Å². The number of benzene rings is 1. The highest BCUT2D eigenvalue weighted by Crippen LogP contribution is 2.24. The molecule has 1 aliphatic rings. The van der Waals surface area contributed by atoms with Crippen LogP contribution in [0.1, 0.15) is 50.5 Å².